The molecule has 0 bridgehead atoms. The zero-order chi connectivity index (χ0) is 29.5. The van der Waals surface area contributed by atoms with Crippen LogP contribution in [0.4, 0.5) is 0 Å². The fraction of sp³-hybridized carbons (Fsp3) is 0.786. The maximum absolute atomic E-state index is 13.8. The second kappa shape index (κ2) is 11.4. The number of aliphatic hydroxyl groups excluding tert-OH is 1. The molecular weight excluding hydrogens is 536 g/mol. The van der Waals surface area contributed by atoms with Gasteiger partial charge in [0.1, 0.15) is 23.7 Å². The Labute approximate surface area is 236 Å². The normalized spacial score (nSPS) is 33.4. The summed E-state index contributed by atoms with van der Waals surface area (Å²) in [6.07, 6.45) is 7.59. The zero-order valence-corrected chi connectivity index (χ0v) is 24.8. The molecule has 2 heterocycles. The van der Waals surface area contributed by atoms with E-state index in [0.29, 0.717) is 38.6 Å². The predicted molar refractivity (Wildman–Crippen MR) is 148 cm³/mol. The molecule has 0 radical (unpaired) electrons. The molecule has 1 saturated heterocycles. The predicted octanol–water partition coefficient (Wildman–Crippen LogP) is 1.12. The molecule has 40 heavy (non-hydrogen) atoms. The highest BCUT2D eigenvalue weighted by atomic mass is 32.2. The van der Waals surface area contributed by atoms with Gasteiger partial charge in [0.25, 0.3) is 5.91 Å². The number of nitrogens with zero attached hydrogens (tertiary/aromatic N) is 1. The molecule has 0 spiro atoms. The third-order valence-electron chi connectivity index (χ3n) is 8.48. The molecule has 4 aliphatic rings. The maximum atomic E-state index is 13.8. The smallest absolute Gasteiger partial charge is 0.259 e. The number of rotatable bonds is 5. The number of hydrogen-bond acceptors (Lipinski definition) is 7. The van der Waals surface area contributed by atoms with Crippen LogP contribution in [0.25, 0.3) is 0 Å². The summed E-state index contributed by atoms with van der Waals surface area (Å²) in [6, 6.07) is -1.77. The van der Waals surface area contributed by atoms with E-state index in [-0.39, 0.29) is 18.3 Å². The minimum absolute atomic E-state index is 0.00465. The minimum Gasteiger partial charge on any atom is -0.383 e. The average molecular weight is 581 g/mol. The van der Waals surface area contributed by atoms with Crippen molar-refractivity contribution >= 4 is 33.7 Å². The van der Waals surface area contributed by atoms with Crippen molar-refractivity contribution in [3.8, 4) is 0 Å². The highest BCUT2D eigenvalue weighted by molar-refractivity contribution is 7.91. The molecule has 4 rings (SSSR count). The van der Waals surface area contributed by atoms with Gasteiger partial charge in [0.15, 0.2) is 0 Å². The Morgan fingerprint density at radius 2 is 1.85 bits per heavy atom. The van der Waals surface area contributed by atoms with E-state index < -0.39 is 68.0 Å². The third-order valence-corrected chi connectivity index (χ3v) is 10.3. The van der Waals surface area contributed by atoms with Crippen molar-refractivity contribution in [1.29, 1.82) is 0 Å². The molecule has 0 aromatic rings. The van der Waals surface area contributed by atoms with Gasteiger partial charge in [0.2, 0.25) is 27.7 Å². The van der Waals surface area contributed by atoms with Gasteiger partial charge >= 0.3 is 0 Å². The molecular formula is C28H44N4O7S. The first kappa shape index (κ1) is 30.5. The van der Waals surface area contributed by atoms with Crippen molar-refractivity contribution in [1.82, 2.24) is 20.3 Å². The van der Waals surface area contributed by atoms with Crippen LogP contribution in [-0.4, -0.2) is 77.6 Å². The summed E-state index contributed by atoms with van der Waals surface area (Å²) < 4.78 is 27.2. The van der Waals surface area contributed by atoms with Crippen molar-refractivity contribution in [3.05, 3.63) is 12.2 Å². The molecule has 1 unspecified atom stereocenters. The van der Waals surface area contributed by atoms with Crippen LogP contribution >= 0.6 is 0 Å². The molecule has 0 aromatic heterocycles. The van der Waals surface area contributed by atoms with Gasteiger partial charge in [-0.3, -0.25) is 23.9 Å². The van der Waals surface area contributed by atoms with Gasteiger partial charge in [0.05, 0.1) is 5.25 Å². The van der Waals surface area contributed by atoms with Crippen LogP contribution in [0.15, 0.2) is 12.2 Å². The lowest BCUT2D eigenvalue weighted by Crippen LogP contribution is -2.59. The number of sulfonamides is 1. The standard InChI is InChI=1S/C28H44N4O7S/c1-17-14-21-23(34)30-28(26(37)31-40(38,39)19-12-13-19)15-18(28)10-8-6-5-7-9-11-20(25(36)32(21)16-17)29-24(35)22(33)27(2,3)4/h8,10,17-22,33H,5-7,9,11-16H2,1-4H3,(H,29,35)(H,30,34)(H,31,37)/b10-8-/t17-,18-,20+,21+,22?,28-/m1/s1. The molecule has 0 aromatic carbocycles. The quantitative estimate of drug-likeness (QED) is 0.354. The molecule has 6 atom stereocenters. The molecule has 2 aliphatic carbocycles. The summed E-state index contributed by atoms with van der Waals surface area (Å²) in [6.45, 7) is 7.44. The molecule has 4 amide bonds. The summed E-state index contributed by atoms with van der Waals surface area (Å²) in [5, 5.41) is 15.5. The van der Waals surface area contributed by atoms with Crippen molar-refractivity contribution in [2.75, 3.05) is 6.54 Å². The van der Waals surface area contributed by atoms with Gasteiger partial charge in [0, 0.05) is 12.5 Å². The summed E-state index contributed by atoms with van der Waals surface area (Å²) in [5.41, 5.74) is -2.10. The lowest BCUT2D eigenvalue weighted by Gasteiger charge is -2.31. The van der Waals surface area contributed by atoms with E-state index in [4.69, 9.17) is 0 Å². The Hall–Kier alpha value is -2.47. The van der Waals surface area contributed by atoms with Crippen LogP contribution in [0.1, 0.15) is 85.5 Å². The number of amides is 4. The largest absolute Gasteiger partial charge is 0.383 e. The number of nitrogens with one attached hydrogen (secondary N) is 3. The first-order chi connectivity index (χ1) is 18.7. The van der Waals surface area contributed by atoms with E-state index in [0.717, 1.165) is 19.3 Å². The second-order valence-corrected chi connectivity index (χ2v) is 15.2. The van der Waals surface area contributed by atoms with E-state index >= 15 is 0 Å². The zero-order valence-electron chi connectivity index (χ0n) is 23.9. The Balaban J connectivity index is 1.58. The Morgan fingerprint density at radius 3 is 2.50 bits per heavy atom. The highest BCUT2D eigenvalue weighted by Gasteiger charge is 2.62. The van der Waals surface area contributed by atoms with Crippen molar-refractivity contribution in [3.63, 3.8) is 0 Å². The van der Waals surface area contributed by atoms with E-state index in [2.05, 4.69) is 15.4 Å². The van der Waals surface area contributed by atoms with Crippen LogP contribution in [0.5, 0.6) is 0 Å². The van der Waals surface area contributed by atoms with Gasteiger partial charge in [-0.25, -0.2) is 8.42 Å². The van der Waals surface area contributed by atoms with Crippen LogP contribution in [0.3, 0.4) is 0 Å². The average Bonchev–Trinajstić information content (AvgIpc) is 3.78. The van der Waals surface area contributed by atoms with E-state index in [9.17, 15) is 32.7 Å². The Kier molecular flexibility index (Phi) is 8.71. The van der Waals surface area contributed by atoms with Crippen LogP contribution < -0.4 is 15.4 Å². The van der Waals surface area contributed by atoms with Crippen molar-refractivity contribution in [2.45, 2.75) is 114 Å². The molecule has 3 fully saturated rings. The second-order valence-electron chi connectivity index (χ2n) is 13.2. The first-order valence-electron chi connectivity index (χ1n) is 14.5. The highest BCUT2D eigenvalue weighted by Crippen LogP contribution is 2.46. The number of carbonyl (C=O) groups is 4. The third kappa shape index (κ3) is 6.70. The van der Waals surface area contributed by atoms with Crippen LogP contribution in [0.2, 0.25) is 0 Å². The fourth-order valence-electron chi connectivity index (χ4n) is 5.65. The lowest BCUT2D eigenvalue weighted by atomic mass is 9.88. The Bertz CT molecular complexity index is 1160. The number of hydrogen-bond donors (Lipinski definition) is 4. The number of allylic oxidation sites excluding steroid dienone is 1. The van der Waals surface area contributed by atoms with Crippen LogP contribution in [-0.2, 0) is 29.2 Å². The number of aliphatic hydroxyl groups is 1. The van der Waals surface area contributed by atoms with Crippen LogP contribution in [0, 0.1) is 17.3 Å². The van der Waals surface area contributed by atoms with Gasteiger partial charge in [-0.15, -0.1) is 0 Å². The molecule has 224 valence electrons. The van der Waals surface area contributed by atoms with Gasteiger partial charge in [-0.2, -0.15) is 0 Å². The summed E-state index contributed by atoms with van der Waals surface area (Å²) in [4.78, 5) is 55.1. The topological polar surface area (TPSA) is 162 Å². The molecule has 12 heteroatoms. The monoisotopic (exact) mass is 580 g/mol. The van der Waals surface area contributed by atoms with E-state index in [1.54, 1.807) is 20.8 Å². The summed E-state index contributed by atoms with van der Waals surface area (Å²) >= 11 is 0. The molecule has 2 aliphatic heterocycles. The molecule has 11 nitrogen and oxygen atoms in total. The fourth-order valence-corrected chi connectivity index (χ4v) is 7.02. The Morgan fingerprint density at radius 1 is 1.15 bits per heavy atom. The summed E-state index contributed by atoms with van der Waals surface area (Å²) in [5.74, 6) is -2.61. The summed E-state index contributed by atoms with van der Waals surface area (Å²) in [7, 11) is -3.80. The SMILES string of the molecule is C[C@@H]1C[C@H]2C(=O)N[C@]3(C(=O)NS(=O)(=O)C4CC4)C[C@H]3/C=C\CCCCC[C@H](NC(=O)C(O)C(C)(C)C)C(=O)N2C1. The number of fused-ring (bicyclic) bond motifs is 2. The van der Waals surface area contributed by atoms with Gasteiger partial charge in [-0.05, 0) is 56.3 Å². The van der Waals surface area contributed by atoms with Crippen molar-refractivity contribution < 1.29 is 32.7 Å². The molecule has 2 saturated carbocycles. The number of carbonyl (C=O) groups excluding carboxylic acids is 4. The molecule has 4 N–H and O–H groups in total. The van der Waals surface area contributed by atoms with E-state index in [1.165, 1.54) is 4.90 Å². The van der Waals surface area contributed by atoms with Gasteiger partial charge in [-0.1, -0.05) is 52.7 Å². The maximum Gasteiger partial charge on any atom is 0.259 e. The van der Waals surface area contributed by atoms with E-state index in [1.807, 2.05) is 19.1 Å². The lowest BCUT2D eigenvalue weighted by molar-refractivity contribution is -0.144. The van der Waals surface area contributed by atoms with Gasteiger partial charge < -0.3 is 20.6 Å². The van der Waals surface area contributed by atoms with Crippen molar-refractivity contribution in [2.24, 2.45) is 17.3 Å². The first-order valence-corrected chi connectivity index (χ1v) is 16.0. The minimum atomic E-state index is -3.80.